The minimum atomic E-state index is -0.467. The zero-order valence-corrected chi connectivity index (χ0v) is 14.0. The number of hydrogen-bond donors (Lipinski definition) is 4. The second-order valence-electron chi connectivity index (χ2n) is 6.80. The fourth-order valence-corrected chi connectivity index (χ4v) is 3.32. The summed E-state index contributed by atoms with van der Waals surface area (Å²) < 4.78 is 0. The van der Waals surface area contributed by atoms with Gasteiger partial charge in [-0.25, -0.2) is 0 Å². The van der Waals surface area contributed by atoms with Gasteiger partial charge in [0.15, 0.2) is 0 Å². The summed E-state index contributed by atoms with van der Waals surface area (Å²) in [5, 5.41) is 19.6. The van der Waals surface area contributed by atoms with Gasteiger partial charge in [0.05, 0.1) is 12.1 Å². The Morgan fingerprint density at radius 2 is 1.92 bits per heavy atom. The Labute approximate surface area is 149 Å². The zero-order chi connectivity index (χ0) is 18.3. The molecule has 0 spiro atoms. The molecule has 0 bridgehead atoms. The van der Waals surface area contributed by atoms with E-state index in [4.69, 9.17) is 0 Å². The number of aromatic hydroxyl groups is 1. The Hall–Kier alpha value is -3.09. The molecule has 0 radical (unpaired) electrons. The summed E-state index contributed by atoms with van der Waals surface area (Å²) in [6.45, 7) is 0. The van der Waals surface area contributed by atoms with Gasteiger partial charge < -0.3 is 21.1 Å². The molecule has 1 aliphatic heterocycles. The van der Waals surface area contributed by atoms with Crippen molar-refractivity contribution in [3.63, 3.8) is 0 Å². The van der Waals surface area contributed by atoms with E-state index in [1.54, 1.807) is 30.3 Å². The Balaban J connectivity index is 1.38. The van der Waals surface area contributed by atoms with E-state index in [0.29, 0.717) is 24.8 Å². The van der Waals surface area contributed by atoms with Crippen molar-refractivity contribution in [1.29, 1.82) is 0 Å². The summed E-state index contributed by atoms with van der Waals surface area (Å²) in [4.78, 5) is 35.9. The van der Waals surface area contributed by atoms with E-state index in [2.05, 4.69) is 16.0 Å². The largest absolute Gasteiger partial charge is 0.508 e. The van der Waals surface area contributed by atoms with Crippen molar-refractivity contribution in [2.45, 2.75) is 37.4 Å². The molecule has 2 aromatic rings. The van der Waals surface area contributed by atoms with Crippen LogP contribution in [0.1, 0.15) is 29.6 Å². The number of phenols is 1. The molecule has 2 aromatic carbocycles. The van der Waals surface area contributed by atoms with Gasteiger partial charge in [0.2, 0.25) is 11.8 Å². The van der Waals surface area contributed by atoms with Gasteiger partial charge in [-0.2, -0.15) is 0 Å². The predicted molar refractivity (Wildman–Crippen MR) is 94.6 cm³/mol. The van der Waals surface area contributed by atoms with Gasteiger partial charge in [-0.1, -0.05) is 12.1 Å². The monoisotopic (exact) mass is 353 g/mol. The predicted octanol–water partition coefficient (Wildman–Crippen LogP) is 0.811. The number of carbonyl (C=O) groups excluding carboxylic acids is 3. The molecule has 3 amide bonds. The van der Waals surface area contributed by atoms with E-state index in [-0.39, 0.29) is 35.6 Å². The number of hydrogen-bond acceptors (Lipinski definition) is 4. The second kappa shape index (κ2) is 6.33. The smallest absolute Gasteiger partial charge is 0.252 e. The molecule has 4 rings (SSSR count). The molecule has 7 heteroatoms. The Kier molecular flexibility index (Phi) is 3.99. The van der Waals surface area contributed by atoms with Crippen LogP contribution in [0, 0.1) is 0 Å². The first kappa shape index (κ1) is 16.4. The fraction of sp³-hybridized carbons (Fsp3) is 0.316. The third kappa shape index (κ3) is 3.20. The summed E-state index contributed by atoms with van der Waals surface area (Å²) >= 11 is 0. The Bertz CT molecular complexity index is 911. The fourth-order valence-electron chi connectivity index (χ4n) is 3.32. The molecule has 134 valence electrons. The lowest BCUT2D eigenvalue weighted by molar-refractivity contribution is -0.125. The standard InChI is InChI=1S/C19H19N3O4/c23-11-4-5-12-10(8-11)2-1-3-13(12)18(25)21-15-9-16(15)22-19(26)14-6-7-17(24)20-14/h1-5,8,14-16,23H,6-7,9H2,(H,20,24)(H,21,25)(H,22,26)/t14?,15-,16-/m0/s1. The topological polar surface area (TPSA) is 108 Å². The zero-order valence-electron chi connectivity index (χ0n) is 14.0. The molecule has 1 heterocycles. The number of benzene rings is 2. The van der Waals surface area contributed by atoms with Crippen molar-refractivity contribution < 1.29 is 19.5 Å². The number of nitrogens with one attached hydrogen (secondary N) is 3. The lowest BCUT2D eigenvalue weighted by Crippen LogP contribution is -2.44. The second-order valence-corrected chi connectivity index (χ2v) is 6.80. The molecule has 7 nitrogen and oxygen atoms in total. The minimum absolute atomic E-state index is 0.104. The number of amides is 3. The van der Waals surface area contributed by atoms with Crippen LogP contribution in [0.15, 0.2) is 36.4 Å². The summed E-state index contributed by atoms with van der Waals surface area (Å²) in [7, 11) is 0. The van der Waals surface area contributed by atoms with Crippen LogP contribution >= 0.6 is 0 Å². The first-order valence-corrected chi connectivity index (χ1v) is 8.63. The van der Waals surface area contributed by atoms with Gasteiger partial charge in [0, 0.05) is 12.0 Å². The van der Waals surface area contributed by atoms with Crippen LogP contribution in [0.25, 0.3) is 10.8 Å². The van der Waals surface area contributed by atoms with Crippen LogP contribution < -0.4 is 16.0 Å². The average Bonchev–Trinajstić information content (AvgIpc) is 3.17. The highest BCUT2D eigenvalue weighted by atomic mass is 16.3. The Morgan fingerprint density at radius 3 is 2.69 bits per heavy atom. The van der Waals surface area contributed by atoms with E-state index in [0.717, 1.165) is 10.8 Å². The summed E-state index contributed by atoms with van der Waals surface area (Å²) in [6, 6.07) is 9.53. The maximum Gasteiger partial charge on any atom is 0.252 e. The van der Waals surface area contributed by atoms with Crippen LogP contribution in [0.4, 0.5) is 0 Å². The first-order chi connectivity index (χ1) is 12.5. The van der Waals surface area contributed by atoms with Crippen molar-refractivity contribution in [1.82, 2.24) is 16.0 Å². The van der Waals surface area contributed by atoms with E-state index < -0.39 is 6.04 Å². The van der Waals surface area contributed by atoms with E-state index in [9.17, 15) is 19.5 Å². The maximum atomic E-state index is 12.6. The van der Waals surface area contributed by atoms with Crippen LogP contribution in [-0.2, 0) is 9.59 Å². The van der Waals surface area contributed by atoms with Crippen molar-refractivity contribution >= 4 is 28.5 Å². The van der Waals surface area contributed by atoms with Gasteiger partial charge in [-0.15, -0.1) is 0 Å². The van der Waals surface area contributed by atoms with Crippen LogP contribution in [-0.4, -0.2) is 41.0 Å². The van der Waals surface area contributed by atoms with E-state index >= 15 is 0 Å². The highest BCUT2D eigenvalue weighted by molar-refractivity contribution is 6.07. The van der Waals surface area contributed by atoms with Gasteiger partial charge in [-0.05, 0) is 47.9 Å². The molecule has 26 heavy (non-hydrogen) atoms. The molecule has 1 aliphatic carbocycles. The molecule has 2 fully saturated rings. The lowest BCUT2D eigenvalue weighted by Gasteiger charge is -2.11. The van der Waals surface area contributed by atoms with Gasteiger partial charge >= 0.3 is 0 Å². The molecule has 0 aromatic heterocycles. The van der Waals surface area contributed by atoms with Crippen molar-refractivity contribution in [2.24, 2.45) is 0 Å². The molecule has 3 atom stereocenters. The third-order valence-electron chi connectivity index (χ3n) is 4.85. The Morgan fingerprint density at radius 1 is 1.12 bits per heavy atom. The van der Waals surface area contributed by atoms with E-state index in [1.807, 2.05) is 6.07 Å². The average molecular weight is 353 g/mol. The molecular weight excluding hydrogens is 334 g/mol. The number of carbonyl (C=O) groups is 3. The summed E-state index contributed by atoms with van der Waals surface area (Å²) in [5.41, 5.74) is 0.530. The molecular formula is C19H19N3O4. The summed E-state index contributed by atoms with van der Waals surface area (Å²) in [5.74, 6) is -0.359. The molecule has 1 saturated carbocycles. The van der Waals surface area contributed by atoms with Crippen LogP contribution in [0.5, 0.6) is 5.75 Å². The van der Waals surface area contributed by atoms with Gasteiger partial charge in [0.25, 0.3) is 5.91 Å². The van der Waals surface area contributed by atoms with Crippen molar-refractivity contribution in [3.8, 4) is 5.75 Å². The van der Waals surface area contributed by atoms with Crippen LogP contribution in [0.3, 0.4) is 0 Å². The van der Waals surface area contributed by atoms with E-state index in [1.165, 1.54) is 0 Å². The minimum Gasteiger partial charge on any atom is -0.508 e. The highest BCUT2D eigenvalue weighted by Crippen LogP contribution is 2.26. The lowest BCUT2D eigenvalue weighted by atomic mass is 10.0. The first-order valence-electron chi connectivity index (χ1n) is 8.63. The molecule has 4 N–H and O–H groups in total. The number of fused-ring (bicyclic) bond motifs is 1. The SMILES string of the molecule is O=C1CCC(C(=O)N[C@H]2C[C@@H]2NC(=O)c2cccc3cc(O)ccc23)N1. The molecule has 1 unspecified atom stereocenters. The number of phenolic OH excluding ortho intramolecular Hbond substituents is 1. The number of rotatable bonds is 4. The highest BCUT2D eigenvalue weighted by Gasteiger charge is 2.41. The van der Waals surface area contributed by atoms with Gasteiger partial charge in [-0.3, -0.25) is 14.4 Å². The van der Waals surface area contributed by atoms with Crippen molar-refractivity contribution in [2.75, 3.05) is 0 Å². The quantitative estimate of drug-likeness (QED) is 0.652. The maximum absolute atomic E-state index is 12.6. The molecule has 1 saturated heterocycles. The van der Waals surface area contributed by atoms with Crippen LogP contribution in [0.2, 0.25) is 0 Å². The van der Waals surface area contributed by atoms with Crippen molar-refractivity contribution in [3.05, 3.63) is 42.0 Å². The summed E-state index contributed by atoms with van der Waals surface area (Å²) in [6.07, 6.45) is 1.56. The van der Waals surface area contributed by atoms with Gasteiger partial charge in [0.1, 0.15) is 11.8 Å². The molecule has 2 aliphatic rings. The normalized spacial score (nSPS) is 24.2. The third-order valence-corrected chi connectivity index (χ3v) is 4.85.